The molecule has 18 unspecified atom stereocenters. The largest absolute Gasteiger partial charge is 0.393 e. The smallest absolute Gasteiger partial charge is 0.139 e. The molecule has 0 saturated heterocycles. The first-order chi connectivity index (χ1) is 41.8. The molecule has 88 heavy (non-hydrogen) atoms. The Balaban J connectivity index is 0.000000129. The molecule has 0 radical (unpaired) electrons. The van der Waals surface area contributed by atoms with Crippen LogP contribution in [-0.4, -0.2) is 107 Å². The second-order valence-corrected chi connectivity index (χ2v) is 34.0. The number of rotatable bonds is 12. The van der Waals surface area contributed by atoms with E-state index in [0.717, 1.165) is 184 Å². The van der Waals surface area contributed by atoms with Crippen LogP contribution in [0.5, 0.6) is 0 Å². The van der Waals surface area contributed by atoms with Gasteiger partial charge in [-0.3, -0.25) is 14.4 Å². The van der Waals surface area contributed by atoms with E-state index in [1.54, 1.807) is 7.11 Å². The Morgan fingerprint density at radius 1 is 0.500 bits per heavy atom. The van der Waals surface area contributed by atoms with E-state index in [4.69, 9.17) is 16.3 Å². The van der Waals surface area contributed by atoms with Gasteiger partial charge in [-0.25, -0.2) is 0 Å². The van der Waals surface area contributed by atoms with Gasteiger partial charge in [0.15, 0.2) is 0 Å². The van der Waals surface area contributed by atoms with Crippen molar-refractivity contribution < 1.29 is 39.5 Å². The number of Topliss-reactive ketones (excluding diaryl/α,β-unsaturated/α-hetero) is 3. The van der Waals surface area contributed by atoms with Gasteiger partial charge >= 0.3 is 0 Å². The fourth-order valence-electron chi connectivity index (χ4n) is 23.1. The highest BCUT2D eigenvalue weighted by molar-refractivity contribution is 6.30. The monoisotopic (exact) mass is 1230 g/mol. The molecule has 0 aliphatic heterocycles. The Morgan fingerprint density at radius 2 is 0.898 bits per heavy atom. The number of nitrogens with one attached hydrogen (secondary N) is 3. The molecule has 0 spiro atoms. The quantitative estimate of drug-likeness (QED) is 0.0783. The minimum Gasteiger partial charge on any atom is -0.393 e. The first-order valence-corrected chi connectivity index (χ1v) is 36.1. The van der Waals surface area contributed by atoms with Gasteiger partial charge in [0.1, 0.15) is 17.3 Å². The van der Waals surface area contributed by atoms with Crippen molar-refractivity contribution in [3.8, 4) is 0 Å². The molecule has 13 aliphatic carbocycles. The summed E-state index contributed by atoms with van der Waals surface area (Å²) < 4.78 is 5.10. The molecule has 0 amide bonds. The van der Waals surface area contributed by atoms with Gasteiger partial charge in [0.05, 0.1) is 29.5 Å². The van der Waals surface area contributed by atoms with Crippen LogP contribution in [-0.2, 0) is 25.7 Å². The number of hydrogen-bond donors (Lipinski definition) is 7. The van der Waals surface area contributed by atoms with Crippen LogP contribution < -0.4 is 16.0 Å². The third kappa shape index (κ3) is 12.0. The third-order valence-electron chi connectivity index (χ3n) is 28.9. The SMILES string of the molecule is CC12CCC3C(CC=C4CC(O)(CNC5CCC(O)CC5)CCC43C)C1CCC2=O.CC12CCC3C(CC=C4CC(O)(CNCc5cccc(Cl)c5)CCC43C)C1CCC2=O.COCCNCC1(O)CCC2(C)C(=CCC3C4CCC(=O)C4(C)CCC32)C1. The van der Waals surface area contributed by atoms with Gasteiger partial charge in [-0.2, -0.15) is 0 Å². The Bertz CT molecular complexity index is 2860. The molecule has 488 valence electrons. The molecule has 1 aromatic rings. The highest BCUT2D eigenvalue weighted by atomic mass is 35.5. The molecule has 18 atom stereocenters. The summed E-state index contributed by atoms with van der Waals surface area (Å²) in [5.74, 6) is 7.26. The second kappa shape index (κ2) is 25.0. The van der Waals surface area contributed by atoms with Crippen LogP contribution >= 0.6 is 11.6 Å². The van der Waals surface area contributed by atoms with Crippen molar-refractivity contribution in [3.05, 3.63) is 69.8 Å². The van der Waals surface area contributed by atoms with Crippen molar-refractivity contribution in [1.29, 1.82) is 0 Å². The molecule has 0 aromatic heterocycles. The molecular weight excluding hydrogens is 1120 g/mol. The average molecular weight is 1230 g/mol. The average Bonchev–Trinajstić information content (AvgIpc) is 1.26. The molecule has 10 fully saturated rings. The summed E-state index contributed by atoms with van der Waals surface area (Å²) in [5, 5.41) is 54.9. The fourth-order valence-corrected chi connectivity index (χ4v) is 23.3. The standard InChI is InChI=1S/C27H36ClNO2.C26H41NO3.C23H37NO3/c1-25-12-13-27(31,17-29-16-18-4-3-5-20(28)14-18)15-19(25)6-7-21-22-8-9-24(30)26(22,2)11-10-23(21)25;1-24-13-14-26(30,16-27-18-4-6-19(28)7-5-18)15-17(24)3-8-20-21-9-10-23(29)25(21,2)12-11-22(20)24;1-21-10-11-23(26,15-24-12-13-27-3)14-16(21)4-5-17-18-6-7-20(25)22(18,2)9-8-19(17)21/h3-6,14,21-23,29,31H,7-13,15-17H2,1-2H3;3,18-22,27-28,30H,4-16H2,1-2H3;4,17-19,24,26H,5-15H2,1-3H3. The van der Waals surface area contributed by atoms with Crippen molar-refractivity contribution in [1.82, 2.24) is 16.0 Å². The van der Waals surface area contributed by atoms with E-state index in [1.165, 1.54) is 36.0 Å². The number of aliphatic hydroxyl groups excluding tert-OH is 1. The number of ketones is 3. The van der Waals surface area contributed by atoms with Crippen LogP contribution in [0.1, 0.15) is 227 Å². The number of allylic oxidation sites excluding steroid dienone is 3. The van der Waals surface area contributed by atoms with Gasteiger partial charge in [-0.15, -0.1) is 0 Å². The maximum Gasteiger partial charge on any atom is 0.139 e. The summed E-state index contributed by atoms with van der Waals surface area (Å²) in [6, 6.07) is 8.33. The van der Waals surface area contributed by atoms with Crippen LogP contribution in [0.25, 0.3) is 0 Å². The zero-order valence-corrected chi connectivity index (χ0v) is 56.0. The minimum absolute atomic E-state index is 0.0520. The lowest BCUT2D eigenvalue weighted by Crippen LogP contribution is -2.54. The van der Waals surface area contributed by atoms with E-state index in [-0.39, 0.29) is 38.6 Å². The van der Waals surface area contributed by atoms with Gasteiger partial charge < -0.3 is 41.1 Å². The molecule has 0 heterocycles. The molecule has 14 rings (SSSR count). The summed E-state index contributed by atoms with van der Waals surface area (Å²) in [4.78, 5) is 37.7. The Labute approximate surface area is 534 Å². The van der Waals surface area contributed by atoms with Crippen molar-refractivity contribution in [2.24, 2.45) is 85.8 Å². The number of methoxy groups -OCH3 is 1. The summed E-state index contributed by atoms with van der Waals surface area (Å²) in [7, 11) is 1.71. The van der Waals surface area contributed by atoms with E-state index in [9.17, 15) is 34.8 Å². The molecule has 12 heteroatoms. The van der Waals surface area contributed by atoms with Crippen LogP contribution in [0.4, 0.5) is 0 Å². The van der Waals surface area contributed by atoms with Crippen LogP contribution in [0.2, 0.25) is 5.02 Å². The van der Waals surface area contributed by atoms with E-state index < -0.39 is 16.8 Å². The number of ether oxygens (including phenoxy) is 1. The van der Waals surface area contributed by atoms with E-state index in [2.05, 4.69) is 81.8 Å². The van der Waals surface area contributed by atoms with Crippen molar-refractivity contribution in [2.75, 3.05) is 39.9 Å². The zero-order chi connectivity index (χ0) is 62.3. The molecule has 7 N–H and O–H groups in total. The number of aliphatic hydroxyl groups is 4. The molecule has 11 nitrogen and oxygen atoms in total. The van der Waals surface area contributed by atoms with Gasteiger partial charge in [0.2, 0.25) is 0 Å². The van der Waals surface area contributed by atoms with Gasteiger partial charge in [-0.05, 0) is 248 Å². The van der Waals surface area contributed by atoms with E-state index >= 15 is 0 Å². The number of halogens is 1. The van der Waals surface area contributed by atoms with E-state index in [1.807, 2.05) is 18.2 Å². The summed E-state index contributed by atoms with van der Waals surface area (Å²) in [5.41, 5.74) is 4.09. The predicted molar refractivity (Wildman–Crippen MR) is 349 cm³/mol. The number of carbonyl (C=O) groups excluding carboxylic acids is 3. The van der Waals surface area contributed by atoms with Gasteiger partial charge in [0, 0.05) is 86.4 Å². The number of fused-ring (bicyclic) bond motifs is 15. The van der Waals surface area contributed by atoms with E-state index in [0.29, 0.717) is 103 Å². The first-order valence-electron chi connectivity index (χ1n) is 35.7. The van der Waals surface area contributed by atoms with Crippen molar-refractivity contribution >= 4 is 29.0 Å². The van der Waals surface area contributed by atoms with Crippen molar-refractivity contribution in [2.45, 2.75) is 257 Å². The lowest BCUT2D eigenvalue weighted by Gasteiger charge is -2.58. The fraction of sp³-hybridized carbons (Fsp3) is 0.803. The summed E-state index contributed by atoms with van der Waals surface area (Å²) in [6.07, 6.45) is 34.9. The zero-order valence-electron chi connectivity index (χ0n) is 55.2. The Hall–Kier alpha value is -2.58. The molecule has 13 aliphatic rings. The lowest BCUT2D eigenvalue weighted by atomic mass is 9.47. The molecule has 0 bridgehead atoms. The summed E-state index contributed by atoms with van der Waals surface area (Å²) in [6.45, 7) is 18.2. The molecular formula is C76H114ClN3O8. The lowest BCUT2D eigenvalue weighted by molar-refractivity contribution is -0.133. The maximum absolute atomic E-state index is 12.6. The number of carbonyl (C=O) groups is 3. The summed E-state index contributed by atoms with van der Waals surface area (Å²) >= 11 is 6.09. The first kappa shape index (κ1) is 65.5. The number of benzene rings is 1. The second-order valence-electron chi connectivity index (χ2n) is 33.5. The highest BCUT2D eigenvalue weighted by Gasteiger charge is 2.63. The Morgan fingerprint density at radius 3 is 1.31 bits per heavy atom. The maximum atomic E-state index is 12.6. The normalized spacial score (nSPS) is 46.4. The van der Waals surface area contributed by atoms with Crippen LogP contribution in [0.15, 0.2) is 59.2 Å². The topological polar surface area (TPSA) is 177 Å². The predicted octanol–water partition coefficient (Wildman–Crippen LogP) is 13.3. The molecule has 10 saturated carbocycles. The Kier molecular flexibility index (Phi) is 18.6. The van der Waals surface area contributed by atoms with Crippen LogP contribution in [0, 0.1) is 85.8 Å². The van der Waals surface area contributed by atoms with Gasteiger partial charge in [-0.1, -0.05) is 100 Å². The van der Waals surface area contributed by atoms with Crippen LogP contribution in [0.3, 0.4) is 0 Å². The highest BCUT2D eigenvalue weighted by Crippen LogP contribution is 2.68. The third-order valence-corrected chi connectivity index (χ3v) is 29.2. The number of hydrogen-bond acceptors (Lipinski definition) is 11. The van der Waals surface area contributed by atoms with Gasteiger partial charge in [0.25, 0.3) is 0 Å². The van der Waals surface area contributed by atoms with Crippen molar-refractivity contribution in [3.63, 3.8) is 0 Å². The molecule has 1 aromatic carbocycles. The minimum atomic E-state index is -0.677.